The van der Waals surface area contributed by atoms with Crippen LogP contribution in [0.3, 0.4) is 0 Å². The minimum atomic E-state index is -0.557. The quantitative estimate of drug-likeness (QED) is 0.757. The Bertz CT molecular complexity index is 831. The number of hydrogen-bond acceptors (Lipinski definition) is 3. The van der Waals surface area contributed by atoms with Gasteiger partial charge in [0.1, 0.15) is 5.75 Å². The van der Waals surface area contributed by atoms with Gasteiger partial charge in [-0.25, -0.2) is 0 Å². The summed E-state index contributed by atoms with van der Waals surface area (Å²) in [5.74, 6) is 0.458. The summed E-state index contributed by atoms with van der Waals surface area (Å²) in [5, 5.41) is 0.604. The number of anilines is 1. The van der Waals surface area contributed by atoms with Crippen molar-refractivity contribution in [3.63, 3.8) is 0 Å². The summed E-state index contributed by atoms with van der Waals surface area (Å²) in [6.45, 7) is 5.73. The van der Waals surface area contributed by atoms with Crippen LogP contribution in [0.15, 0.2) is 42.5 Å². The first-order chi connectivity index (χ1) is 11.9. The minimum absolute atomic E-state index is 0.0295. The van der Waals surface area contributed by atoms with Crippen molar-refractivity contribution in [1.82, 2.24) is 0 Å². The second-order valence-corrected chi connectivity index (χ2v) is 6.94. The van der Waals surface area contributed by atoms with E-state index in [0.29, 0.717) is 28.6 Å². The molecule has 130 valence electrons. The van der Waals surface area contributed by atoms with Crippen LogP contribution in [0.25, 0.3) is 0 Å². The van der Waals surface area contributed by atoms with Gasteiger partial charge in [0.2, 0.25) is 0 Å². The lowest BCUT2D eigenvalue weighted by molar-refractivity contribution is -0.128. The molecule has 1 heterocycles. The number of carbonyl (C=O) groups is 2. The summed E-state index contributed by atoms with van der Waals surface area (Å²) in [5.41, 5.74) is 2.00. The molecule has 1 unspecified atom stereocenters. The zero-order valence-corrected chi connectivity index (χ0v) is 15.2. The van der Waals surface area contributed by atoms with Crippen LogP contribution in [-0.2, 0) is 11.3 Å². The van der Waals surface area contributed by atoms with Gasteiger partial charge in [-0.15, -0.1) is 0 Å². The number of ether oxygens (including phenoxy) is 1. The second kappa shape index (κ2) is 6.89. The summed E-state index contributed by atoms with van der Waals surface area (Å²) in [4.78, 5) is 26.4. The van der Waals surface area contributed by atoms with Gasteiger partial charge in [0.25, 0.3) is 5.91 Å². The van der Waals surface area contributed by atoms with Crippen LogP contribution in [0.5, 0.6) is 5.75 Å². The first-order valence-corrected chi connectivity index (χ1v) is 8.62. The molecule has 0 saturated carbocycles. The third-order valence-electron chi connectivity index (χ3n) is 4.31. The zero-order valence-electron chi connectivity index (χ0n) is 14.5. The van der Waals surface area contributed by atoms with E-state index < -0.39 is 6.10 Å². The molecular formula is C20H20ClNO3. The fourth-order valence-electron chi connectivity index (χ4n) is 2.89. The highest BCUT2D eigenvalue weighted by Gasteiger charge is 2.36. The van der Waals surface area contributed by atoms with E-state index in [1.807, 2.05) is 32.0 Å². The SMILES string of the molecule is CC(=O)c1ccc2c(c1)N(Cc1ccccc1Cl)C(=O)C(C(C)C)O2. The number of benzene rings is 2. The number of halogens is 1. The van der Waals surface area contributed by atoms with Gasteiger partial charge in [0, 0.05) is 10.6 Å². The van der Waals surface area contributed by atoms with E-state index in [-0.39, 0.29) is 17.6 Å². The molecule has 1 atom stereocenters. The highest BCUT2D eigenvalue weighted by atomic mass is 35.5. The molecule has 0 saturated heterocycles. The molecule has 1 amide bonds. The molecule has 5 heteroatoms. The lowest BCUT2D eigenvalue weighted by atomic mass is 10.0. The maximum absolute atomic E-state index is 13.0. The van der Waals surface area contributed by atoms with Gasteiger partial charge in [-0.1, -0.05) is 43.6 Å². The molecule has 2 aromatic rings. The van der Waals surface area contributed by atoms with Crippen molar-refractivity contribution in [2.24, 2.45) is 5.92 Å². The molecule has 0 fully saturated rings. The van der Waals surface area contributed by atoms with E-state index in [0.717, 1.165) is 5.56 Å². The number of ketones is 1. The molecule has 0 aliphatic carbocycles. The summed E-state index contributed by atoms with van der Waals surface area (Å²) in [6.07, 6.45) is -0.557. The average molecular weight is 358 g/mol. The summed E-state index contributed by atoms with van der Waals surface area (Å²) in [6, 6.07) is 12.6. The molecule has 0 N–H and O–H groups in total. The fourth-order valence-corrected chi connectivity index (χ4v) is 3.08. The van der Waals surface area contributed by atoms with E-state index in [9.17, 15) is 9.59 Å². The van der Waals surface area contributed by atoms with Crippen molar-refractivity contribution in [3.05, 3.63) is 58.6 Å². The van der Waals surface area contributed by atoms with Crippen LogP contribution in [-0.4, -0.2) is 17.8 Å². The molecule has 1 aliphatic rings. The number of amides is 1. The third-order valence-corrected chi connectivity index (χ3v) is 4.68. The third kappa shape index (κ3) is 3.40. The number of nitrogens with zero attached hydrogens (tertiary/aromatic N) is 1. The van der Waals surface area contributed by atoms with Gasteiger partial charge >= 0.3 is 0 Å². The smallest absolute Gasteiger partial charge is 0.268 e. The van der Waals surface area contributed by atoms with Crippen molar-refractivity contribution in [3.8, 4) is 5.75 Å². The van der Waals surface area contributed by atoms with Gasteiger partial charge in [-0.3, -0.25) is 9.59 Å². The van der Waals surface area contributed by atoms with Gasteiger partial charge < -0.3 is 9.64 Å². The van der Waals surface area contributed by atoms with E-state index in [2.05, 4.69) is 0 Å². The largest absolute Gasteiger partial charge is 0.478 e. The number of rotatable bonds is 4. The first kappa shape index (κ1) is 17.5. The van der Waals surface area contributed by atoms with Gasteiger partial charge in [-0.05, 0) is 42.7 Å². The predicted molar refractivity (Wildman–Crippen MR) is 98.3 cm³/mol. The topological polar surface area (TPSA) is 46.6 Å². The van der Waals surface area contributed by atoms with Crippen LogP contribution >= 0.6 is 11.6 Å². The lowest BCUT2D eigenvalue weighted by Gasteiger charge is -2.36. The molecule has 0 aromatic heterocycles. The van der Waals surface area contributed by atoms with Crippen molar-refractivity contribution in [1.29, 1.82) is 0 Å². The Morgan fingerprint density at radius 1 is 1.24 bits per heavy atom. The van der Waals surface area contributed by atoms with Crippen LogP contribution < -0.4 is 9.64 Å². The normalized spacial score (nSPS) is 16.6. The van der Waals surface area contributed by atoms with E-state index >= 15 is 0 Å². The standard InChI is InChI=1S/C20H20ClNO3/c1-12(2)19-20(24)22(11-15-6-4-5-7-16(15)21)17-10-14(13(3)23)8-9-18(17)25-19/h4-10,12,19H,11H2,1-3H3. The van der Waals surface area contributed by atoms with Crippen LogP contribution in [0.1, 0.15) is 36.7 Å². The van der Waals surface area contributed by atoms with E-state index in [1.54, 1.807) is 29.2 Å². The number of Topliss-reactive ketones (excluding diaryl/α,β-unsaturated/α-hetero) is 1. The van der Waals surface area contributed by atoms with E-state index in [4.69, 9.17) is 16.3 Å². The molecule has 4 nitrogen and oxygen atoms in total. The predicted octanol–water partition coefficient (Wildman–Crippen LogP) is 4.49. The van der Waals surface area contributed by atoms with Crippen molar-refractivity contribution in [2.45, 2.75) is 33.4 Å². The highest BCUT2D eigenvalue weighted by molar-refractivity contribution is 6.31. The molecule has 0 radical (unpaired) electrons. The maximum Gasteiger partial charge on any atom is 0.268 e. The Balaban J connectivity index is 2.07. The van der Waals surface area contributed by atoms with Gasteiger partial charge in [-0.2, -0.15) is 0 Å². The Hall–Kier alpha value is -2.33. The van der Waals surface area contributed by atoms with Crippen molar-refractivity contribution in [2.75, 3.05) is 4.90 Å². The van der Waals surface area contributed by atoms with Crippen molar-refractivity contribution < 1.29 is 14.3 Å². The number of carbonyl (C=O) groups excluding carboxylic acids is 2. The monoisotopic (exact) mass is 357 g/mol. The second-order valence-electron chi connectivity index (χ2n) is 6.54. The van der Waals surface area contributed by atoms with Crippen LogP contribution in [0.2, 0.25) is 5.02 Å². The van der Waals surface area contributed by atoms with Crippen molar-refractivity contribution >= 4 is 29.0 Å². The Kier molecular flexibility index (Phi) is 4.82. The summed E-state index contributed by atoms with van der Waals surface area (Å²) >= 11 is 6.28. The summed E-state index contributed by atoms with van der Waals surface area (Å²) < 4.78 is 5.90. The molecular weight excluding hydrogens is 338 g/mol. The Morgan fingerprint density at radius 3 is 2.60 bits per heavy atom. The molecule has 2 aromatic carbocycles. The van der Waals surface area contributed by atoms with E-state index in [1.165, 1.54) is 6.92 Å². The maximum atomic E-state index is 13.0. The molecule has 1 aliphatic heterocycles. The first-order valence-electron chi connectivity index (χ1n) is 8.25. The van der Waals surface area contributed by atoms with Crippen LogP contribution in [0.4, 0.5) is 5.69 Å². The Morgan fingerprint density at radius 2 is 1.96 bits per heavy atom. The number of fused-ring (bicyclic) bond motifs is 1. The summed E-state index contributed by atoms with van der Waals surface area (Å²) in [7, 11) is 0. The Labute approximate surface area is 152 Å². The lowest BCUT2D eigenvalue weighted by Crippen LogP contribution is -2.48. The van der Waals surface area contributed by atoms with Crippen LogP contribution in [0, 0.1) is 5.92 Å². The van der Waals surface area contributed by atoms with Gasteiger partial charge in [0.15, 0.2) is 11.9 Å². The minimum Gasteiger partial charge on any atom is -0.478 e. The number of hydrogen-bond donors (Lipinski definition) is 0. The fraction of sp³-hybridized carbons (Fsp3) is 0.300. The zero-order chi connectivity index (χ0) is 18.1. The molecule has 3 rings (SSSR count). The molecule has 0 bridgehead atoms. The highest BCUT2D eigenvalue weighted by Crippen LogP contribution is 2.38. The molecule has 25 heavy (non-hydrogen) atoms. The average Bonchev–Trinajstić information content (AvgIpc) is 2.58. The molecule has 0 spiro atoms. The van der Waals surface area contributed by atoms with Gasteiger partial charge in [0.05, 0.1) is 12.2 Å².